The Balaban J connectivity index is 1.79. The van der Waals surface area contributed by atoms with E-state index in [0.717, 1.165) is 4.70 Å². The monoisotopic (exact) mass is 353 g/mol. The number of rotatable bonds is 6. The smallest absolute Gasteiger partial charge is 0.389 e. The highest BCUT2D eigenvalue weighted by atomic mass is 32.1. The first-order chi connectivity index (χ1) is 11.4. The molecule has 1 unspecified atom stereocenters. The molecule has 0 saturated heterocycles. The summed E-state index contributed by atoms with van der Waals surface area (Å²) in [6, 6.07) is 10.3. The molecule has 7 heteroatoms. The fourth-order valence-corrected chi connectivity index (χ4v) is 3.62. The van der Waals surface area contributed by atoms with Gasteiger partial charge in [-0.25, -0.2) is 4.98 Å². The fourth-order valence-electron chi connectivity index (χ4n) is 2.52. The molecule has 0 N–H and O–H groups in total. The van der Waals surface area contributed by atoms with Gasteiger partial charge in [0.05, 0.1) is 27.9 Å². The summed E-state index contributed by atoms with van der Waals surface area (Å²) in [6.07, 6.45) is -3.86. The second kappa shape index (κ2) is 6.76. The molecular formula is C17H14F3NO2S. The first-order valence-corrected chi connectivity index (χ1v) is 8.23. The highest BCUT2D eigenvalue weighted by Crippen LogP contribution is 2.38. The van der Waals surface area contributed by atoms with Gasteiger partial charge in [-0.15, -0.1) is 11.3 Å². The average molecular weight is 353 g/mol. The third-order valence-corrected chi connectivity index (χ3v) is 4.85. The molecule has 3 aromatic rings. The third kappa shape index (κ3) is 4.03. The van der Waals surface area contributed by atoms with Gasteiger partial charge in [0.25, 0.3) is 0 Å². The van der Waals surface area contributed by atoms with E-state index in [4.69, 9.17) is 4.42 Å². The highest BCUT2D eigenvalue weighted by Gasteiger charge is 2.34. The van der Waals surface area contributed by atoms with Crippen LogP contribution in [0.1, 0.15) is 40.7 Å². The number of furan rings is 1. The van der Waals surface area contributed by atoms with E-state index >= 15 is 0 Å². The van der Waals surface area contributed by atoms with Gasteiger partial charge in [0, 0.05) is 12.3 Å². The lowest BCUT2D eigenvalue weighted by Crippen LogP contribution is -2.15. The summed E-state index contributed by atoms with van der Waals surface area (Å²) in [5, 5.41) is 0.417. The quantitative estimate of drug-likeness (QED) is 0.543. The standard InChI is InChI=1S/C17H14F3NO2S/c18-17(19,20)10-11(7-8-13(22)14-5-3-9-23-14)16-21-12-4-1-2-6-15(12)24-16/h1-6,9,11H,7-8,10H2. The number of carbonyl (C=O) groups is 1. The van der Waals surface area contributed by atoms with E-state index in [9.17, 15) is 18.0 Å². The van der Waals surface area contributed by atoms with Gasteiger partial charge >= 0.3 is 6.18 Å². The Hall–Kier alpha value is -2.15. The first kappa shape index (κ1) is 16.7. The van der Waals surface area contributed by atoms with E-state index in [0.29, 0.717) is 10.5 Å². The minimum atomic E-state index is -4.31. The summed E-state index contributed by atoms with van der Waals surface area (Å²) >= 11 is 1.25. The molecule has 1 aromatic carbocycles. The van der Waals surface area contributed by atoms with Crippen LogP contribution in [0, 0.1) is 0 Å². The molecule has 0 bridgehead atoms. The van der Waals surface area contributed by atoms with Gasteiger partial charge in [-0.1, -0.05) is 12.1 Å². The van der Waals surface area contributed by atoms with E-state index in [1.807, 2.05) is 12.1 Å². The number of hydrogen-bond donors (Lipinski definition) is 0. The normalized spacial score (nSPS) is 13.3. The maximum atomic E-state index is 12.9. The summed E-state index contributed by atoms with van der Waals surface area (Å²) < 4.78 is 44.6. The number of carbonyl (C=O) groups excluding carboxylic acids is 1. The zero-order valence-corrected chi connectivity index (χ0v) is 13.4. The number of hydrogen-bond acceptors (Lipinski definition) is 4. The van der Waals surface area contributed by atoms with Crippen LogP contribution in [0.2, 0.25) is 0 Å². The van der Waals surface area contributed by atoms with Crippen LogP contribution >= 0.6 is 11.3 Å². The number of halogens is 3. The van der Waals surface area contributed by atoms with E-state index in [1.54, 1.807) is 18.2 Å². The average Bonchev–Trinajstić information content (AvgIpc) is 3.18. The molecule has 2 aromatic heterocycles. The van der Waals surface area contributed by atoms with Gasteiger partial charge in [0.2, 0.25) is 0 Å². The molecule has 0 radical (unpaired) electrons. The third-order valence-electron chi connectivity index (χ3n) is 3.65. The molecule has 1 atom stereocenters. The molecule has 126 valence electrons. The van der Waals surface area contributed by atoms with Crippen molar-refractivity contribution >= 4 is 27.3 Å². The van der Waals surface area contributed by atoms with Crippen LogP contribution in [0.15, 0.2) is 47.1 Å². The molecule has 2 heterocycles. The number of nitrogens with zero attached hydrogens (tertiary/aromatic N) is 1. The minimum Gasteiger partial charge on any atom is -0.461 e. The Kier molecular flexibility index (Phi) is 4.71. The molecule has 0 aliphatic rings. The van der Waals surface area contributed by atoms with Crippen LogP contribution in [0.4, 0.5) is 13.2 Å². The Morgan fingerprint density at radius 3 is 2.67 bits per heavy atom. The van der Waals surface area contributed by atoms with Crippen molar-refractivity contribution in [1.29, 1.82) is 0 Å². The maximum Gasteiger partial charge on any atom is 0.389 e. The number of alkyl halides is 3. The van der Waals surface area contributed by atoms with Crippen LogP contribution < -0.4 is 0 Å². The van der Waals surface area contributed by atoms with Crippen molar-refractivity contribution in [2.45, 2.75) is 31.4 Å². The van der Waals surface area contributed by atoms with E-state index in [2.05, 4.69) is 4.98 Å². The van der Waals surface area contributed by atoms with Crippen LogP contribution in [0.5, 0.6) is 0 Å². The van der Waals surface area contributed by atoms with E-state index in [1.165, 1.54) is 23.7 Å². The van der Waals surface area contributed by atoms with Gasteiger partial charge in [-0.2, -0.15) is 13.2 Å². The Bertz CT molecular complexity index is 791. The van der Waals surface area contributed by atoms with Crippen molar-refractivity contribution in [3.8, 4) is 0 Å². The van der Waals surface area contributed by atoms with Gasteiger partial charge in [-0.05, 0) is 30.7 Å². The van der Waals surface area contributed by atoms with Crippen molar-refractivity contribution in [3.05, 3.63) is 53.4 Å². The SMILES string of the molecule is O=C(CCC(CC(F)(F)F)c1nc2ccccc2s1)c1ccco1. The summed E-state index contributed by atoms with van der Waals surface area (Å²) in [4.78, 5) is 16.3. The van der Waals surface area contributed by atoms with Crippen molar-refractivity contribution in [3.63, 3.8) is 0 Å². The van der Waals surface area contributed by atoms with Gasteiger partial charge < -0.3 is 4.42 Å². The number of aromatic nitrogens is 1. The molecule has 0 amide bonds. The Morgan fingerprint density at radius 1 is 1.21 bits per heavy atom. The highest BCUT2D eigenvalue weighted by molar-refractivity contribution is 7.18. The van der Waals surface area contributed by atoms with Crippen LogP contribution in [0.3, 0.4) is 0 Å². The lowest BCUT2D eigenvalue weighted by atomic mass is 9.97. The molecule has 0 saturated carbocycles. The van der Waals surface area contributed by atoms with Crippen LogP contribution in [0.25, 0.3) is 10.2 Å². The van der Waals surface area contributed by atoms with Crippen molar-refractivity contribution in [1.82, 2.24) is 4.98 Å². The van der Waals surface area contributed by atoms with Gasteiger partial charge in [0.15, 0.2) is 11.5 Å². The van der Waals surface area contributed by atoms with Gasteiger partial charge in [0.1, 0.15) is 0 Å². The lowest BCUT2D eigenvalue weighted by Gasteiger charge is -2.15. The first-order valence-electron chi connectivity index (χ1n) is 7.41. The zero-order valence-electron chi connectivity index (χ0n) is 12.5. The lowest BCUT2D eigenvalue weighted by molar-refractivity contribution is -0.139. The van der Waals surface area contributed by atoms with Crippen molar-refractivity contribution in [2.75, 3.05) is 0 Å². The number of Topliss-reactive ketones (excluding diaryl/α,β-unsaturated/α-hetero) is 1. The minimum absolute atomic E-state index is 0.00974. The number of thiazole rings is 1. The summed E-state index contributed by atoms with van der Waals surface area (Å²) in [5.41, 5.74) is 0.682. The number of fused-ring (bicyclic) bond motifs is 1. The van der Waals surface area contributed by atoms with Crippen LogP contribution in [-0.4, -0.2) is 16.9 Å². The molecular weight excluding hydrogens is 339 g/mol. The van der Waals surface area contributed by atoms with Crippen LogP contribution in [-0.2, 0) is 0 Å². The van der Waals surface area contributed by atoms with E-state index in [-0.39, 0.29) is 24.4 Å². The summed E-state index contributed by atoms with van der Waals surface area (Å²) in [6.45, 7) is 0. The van der Waals surface area contributed by atoms with Crippen molar-refractivity contribution < 1.29 is 22.4 Å². The molecule has 0 spiro atoms. The second-order valence-electron chi connectivity index (χ2n) is 5.48. The number of benzene rings is 1. The zero-order chi connectivity index (χ0) is 17.2. The second-order valence-corrected chi connectivity index (χ2v) is 6.54. The molecule has 3 rings (SSSR count). The predicted octanol–water partition coefficient (Wildman–Crippen LogP) is 5.59. The maximum absolute atomic E-state index is 12.9. The number of ketones is 1. The predicted molar refractivity (Wildman–Crippen MR) is 85.3 cm³/mol. The number of para-hydroxylation sites is 1. The molecule has 24 heavy (non-hydrogen) atoms. The van der Waals surface area contributed by atoms with Gasteiger partial charge in [-0.3, -0.25) is 4.79 Å². The molecule has 0 fully saturated rings. The van der Waals surface area contributed by atoms with E-state index < -0.39 is 18.5 Å². The van der Waals surface area contributed by atoms with Crippen molar-refractivity contribution in [2.24, 2.45) is 0 Å². The molecule has 0 aliphatic carbocycles. The summed E-state index contributed by atoms with van der Waals surface area (Å²) in [5.74, 6) is -0.959. The molecule has 3 nitrogen and oxygen atoms in total. The molecule has 0 aliphatic heterocycles. The largest absolute Gasteiger partial charge is 0.461 e. The summed E-state index contributed by atoms with van der Waals surface area (Å²) in [7, 11) is 0. The Labute approximate surface area is 140 Å². The Morgan fingerprint density at radius 2 is 2.00 bits per heavy atom. The topological polar surface area (TPSA) is 43.1 Å². The fraction of sp³-hybridized carbons (Fsp3) is 0.294.